The number of aryl methyl sites for hydroxylation is 5. The van der Waals surface area contributed by atoms with Gasteiger partial charge in [0.15, 0.2) is 0 Å². The first-order valence-corrected chi connectivity index (χ1v) is 20.8. The van der Waals surface area contributed by atoms with Crippen molar-refractivity contribution in [1.29, 1.82) is 5.41 Å². The third-order valence-electron chi connectivity index (χ3n) is 10.3. The fraction of sp³-hybridized carbons (Fsp3) is 0.341. The van der Waals surface area contributed by atoms with Gasteiger partial charge in [0.25, 0.3) is 0 Å². The highest BCUT2D eigenvalue weighted by atomic mass is 35.5. The lowest BCUT2D eigenvalue weighted by Gasteiger charge is -2.23. The SMILES string of the molecule is Cn1cc(N(C(=O)O)c2cc(N(C(=O)O)c3cc(N(C(=O)O)c4cc(NCCCCc5ccc(N(CCCl)CCCl)cc5)cn4C)cn3C)cn2C)cc1N(CCC(=N)N)C(=O)O. The maximum atomic E-state index is 12.9. The van der Waals surface area contributed by atoms with E-state index in [-0.39, 0.29) is 53.3 Å². The normalized spacial score (nSPS) is 11.0. The Balaban J connectivity index is 1.32. The van der Waals surface area contributed by atoms with E-state index in [0.29, 0.717) is 29.8 Å². The van der Waals surface area contributed by atoms with Gasteiger partial charge in [0.2, 0.25) is 0 Å². The van der Waals surface area contributed by atoms with Gasteiger partial charge >= 0.3 is 24.4 Å². The number of rotatable bonds is 21. The number of amidine groups is 1. The van der Waals surface area contributed by atoms with Gasteiger partial charge in [-0.15, -0.1) is 23.2 Å². The van der Waals surface area contributed by atoms with Crippen LogP contribution >= 0.6 is 23.2 Å². The molecule has 0 saturated carbocycles. The third-order valence-corrected chi connectivity index (χ3v) is 10.6. The van der Waals surface area contributed by atoms with Crippen LogP contribution in [0.5, 0.6) is 0 Å². The second-order valence-electron chi connectivity index (χ2n) is 14.7. The van der Waals surface area contributed by atoms with Crippen molar-refractivity contribution in [2.24, 2.45) is 33.9 Å². The summed E-state index contributed by atoms with van der Waals surface area (Å²) < 4.78 is 5.89. The molecule has 0 radical (unpaired) electrons. The van der Waals surface area contributed by atoms with Crippen LogP contribution in [0.15, 0.2) is 73.3 Å². The molecule has 22 heteroatoms. The van der Waals surface area contributed by atoms with Crippen LogP contribution in [0.25, 0.3) is 0 Å². The molecule has 0 spiro atoms. The van der Waals surface area contributed by atoms with Gasteiger partial charge < -0.3 is 54.6 Å². The number of hydrogen-bond acceptors (Lipinski definition) is 7. The molecule has 0 aliphatic heterocycles. The number of alkyl halides is 2. The number of anilines is 9. The molecule has 338 valence electrons. The lowest BCUT2D eigenvalue weighted by Crippen LogP contribution is -2.33. The summed E-state index contributed by atoms with van der Waals surface area (Å²) in [5.74, 6) is 1.28. The number of halogens is 2. The first-order chi connectivity index (χ1) is 29.9. The van der Waals surface area contributed by atoms with E-state index in [0.717, 1.165) is 57.6 Å². The van der Waals surface area contributed by atoms with Crippen molar-refractivity contribution in [3.63, 3.8) is 0 Å². The standard InChI is InChI=1S/C41H52Cl2N12O8/c1-47-23-28(46-15-6-5-7-27-8-10-29(11-9-27)51(17-13-42)18-14-43)19-35(47)53(39(58)59)31-21-37(49(3)25-31)55(41(62)63)32-22-36(50(4)26-32)54(40(60)61)30-20-34(48(2)24-30)52(38(56)57)16-12-33(44)45/h8-11,19-26,46H,5-7,12-18H2,1-4H3,(H3,44,45)(H,56,57)(H,58,59)(H,60,61)(H,62,63). The highest BCUT2D eigenvalue weighted by Gasteiger charge is 2.31. The van der Waals surface area contributed by atoms with Crippen LogP contribution < -0.4 is 35.6 Å². The number of aromatic nitrogens is 4. The number of unbranched alkanes of at least 4 members (excludes halogenated alkanes) is 1. The van der Waals surface area contributed by atoms with Crippen LogP contribution in [0, 0.1) is 5.41 Å². The van der Waals surface area contributed by atoms with Gasteiger partial charge in [-0.2, -0.15) is 0 Å². The quantitative estimate of drug-likeness (QED) is 0.0161. The number of nitrogens with zero attached hydrogens (tertiary/aromatic N) is 9. The van der Waals surface area contributed by atoms with E-state index < -0.39 is 24.4 Å². The van der Waals surface area contributed by atoms with Crippen LogP contribution in [0.3, 0.4) is 0 Å². The van der Waals surface area contributed by atoms with Crippen molar-refractivity contribution in [2.75, 3.05) is 67.8 Å². The molecule has 4 heterocycles. The molecule has 4 amide bonds. The first-order valence-electron chi connectivity index (χ1n) is 19.7. The summed E-state index contributed by atoms with van der Waals surface area (Å²) in [5, 5.41) is 52.1. The Hall–Kier alpha value is -6.93. The van der Waals surface area contributed by atoms with E-state index >= 15 is 0 Å². The van der Waals surface area contributed by atoms with Crippen LogP contribution in [-0.4, -0.2) is 107 Å². The molecule has 1 aromatic carbocycles. The highest BCUT2D eigenvalue weighted by molar-refractivity contribution is 6.18. The smallest absolute Gasteiger partial charge is 0.417 e. The summed E-state index contributed by atoms with van der Waals surface area (Å²) in [6, 6.07) is 14.1. The topological polar surface area (TPSA) is 247 Å². The van der Waals surface area contributed by atoms with Crippen LogP contribution in [-0.2, 0) is 34.6 Å². The highest BCUT2D eigenvalue weighted by Crippen LogP contribution is 2.39. The lowest BCUT2D eigenvalue weighted by atomic mass is 10.1. The Bertz CT molecular complexity index is 2420. The first kappa shape index (κ1) is 47.1. The molecule has 4 aromatic heterocycles. The maximum absolute atomic E-state index is 12.9. The third kappa shape index (κ3) is 11.1. The van der Waals surface area contributed by atoms with E-state index in [9.17, 15) is 39.6 Å². The molecule has 20 nitrogen and oxygen atoms in total. The number of benzene rings is 1. The van der Waals surface area contributed by atoms with Gasteiger partial charge in [-0.05, 0) is 37.0 Å². The predicted molar refractivity (Wildman–Crippen MR) is 246 cm³/mol. The number of amides is 4. The molecule has 0 atom stereocenters. The number of nitrogens with one attached hydrogen (secondary N) is 2. The largest absolute Gasteiger partial charge is 0.465 e. The fourth-order valence-electron chi connectivity index (χ4n) is 7.26. The Kier molecular flexibility index (Phi) is 15.5. The molecular formula is C41H52Cl2N12O8. The van der Waals surface area contributed by atoms with E-state index in [1.807, 2.05) is 0 Å². The van der Waals surface area contributed by atoms with Gasteiger partial charge in [0.1, 0.15) is 23.3 Å². The molecule has 8 N–H and O–H groups in total. The molecule has 0 unspecified atom stereocenters. The molecule has 0 saturated heterocycles. The van der Waals surface area contributed by atoms with E-state index in [1.54, 1.807) is 30.9 Å². The van der Waals surface area contributed by atoms with E-state index in [1.165, 1.54) is 70.1 Å². The summed E-state index contributed by atoms with van der Waals surface area (Å²) >= 11 is 11.9. The Labute approximate surface area is 373 Å². The van der Waals surface area contributed by atoms with Gasteiger partial charge in [-0.25, -0.2) is 33.9 Å². The summed E-state index contributed by atoms with van der Waals surface area (Å²) in [7, 11) is 6.30. The van der Waals surface area contributed by atoms with Crippen LogP contribution in [0.1, 0.15) is 24.8 Å². The summed E-state index contributed by atoms with van der Waals surface area (Å²) in [5.41, 5.74) is 8.66. The summed E-state index contributed by atoms with van der Waals surface area (Å²) in [6.45, 7) is 1.93. The van der Waals surface area contributed by atoms with Crippen LogP contribution in [0.2, 0.25) is 0 Å². The van der Waals surface area contributed by atoms with Gasteiger partial charge in [0.05, 0.1) is 28.6 Å². The molecule has 63 heavy (non-hydrogen) atoms. The zero-order valence-electron chi connectivity index (χ0n) is 35.3. The second kappa shape index (κ2) is 20.8. The minimum atomic E-state index is -1.45. The Morgan fingerprint density at radius 3 is 1.51 bits per heavy atom. The average molecular weight is 912 g/mol. The second-order valence-corrected chi connectivity index (χ2v) is 15.4. The van der Waals surface area contributed by atoms with Gasteiger partial charge in [-0.1, -0.05) is 12.1 Å². The Morgan fingerprint density at radius 1 is 0.619 bits per heavy atom. The molecule has 0 aliphatic carbocycles. The summed E-state index contributed by atoms with van der Waals surface area (Å²) in [4.78, 5) is 56.5. The van der Waals surface area contributed by atoms with Gasteiger partial charge in [-0.3, -0.25) is 10.3 Å². The average Bonchev–Trinajstić information content (AvgIpc) is 3.97. The van der Waals surface area contributed by atoms with Crippen molar-refractivity contribution >= 4 is 105 Å². The van der Waals surface area contributed by atoms with Gasteiger partial charge in [0, 0.05) is 127 Å². The van der Waals surface area contributed by atoms with Crippen molar-refractivity contribution in [3.8, 4) is 0 Å². The zero-order valence-corrected chi connectivity index (χ0v) is 36.8. The zero-order chi connectivity index (χ0) is 46.1. The Morgan fingerprint density at radius 2 is 1.06 bits per heavy atom. The number of hydrogen-bond donors (Lipinski definition) is 7. The number of carbonyl (C=O) groups is 4. The minimum absolute atomic E-state index is 0.0133. The van der Waals surface area contributed by atoms with E-state index in [4.69, 9.17) is 34.3 Å². The van der Waals surface area contributed by atoms with Crippen molar-refractivity contribution in [1.82, 2.24) is 18.3 Å². The van der Waals surface area contributed by atoms with Crippen molar-refractivity contribution < 1.29 is 39.6 Å². The van der Waals surface area contributed by atoms with Crippen molar-refractivity contribution in [2.45, 2.75) is 25.7 Å². The molecule has 0 fully saturated rings. The molecule has 0 aliphatic rings. The number of carboxylic acid groups (broad SMARTS) is 4. The van der Waals surface area contributed by atoms with Crippen LogP contribution in [0.4, 0.5) is 70.9 Å². The molecule has 0 bridgehead atoms. The minimum Gasteiger partial charge on any atom is -0.465 e. The fourth-order valence-corrected chi connectivity index (χ4v) is 7.66. The number of nitrogens with two attached hydrogens (primary N) is 1. The van der Waals surface area contributed by atoms with Crippen molar-refractivity contribution in [3.05, 3.63) is 78.9 Å². The van der Waals surface area contributed by atoms with E-state index in [2.05, 4.69) is 34.5 Å². The monoisotopic (exact) mass is 910 g/mol. The molecular weight excluding hydrogens is 859 g/mol. The summed E-state index contributed by atoms with van der Waals surface area (Å²) in [6.07, 6.45) is 3.10. The maximum Gasteiger partial charge on any atom is 0.417 e. The lowest BCUT2D eigenvalue weighted by molar-refractivity contribution is 0.201. The molecule has 5 aromatic rings. The predicted octanol–water partition coefficient (Wildman–Crippen LogP) is 8.02. The molecule has 5 rings (SSSR count).